The van der Waals surface area contributed by atoms with Gasteiger partial charge in [0.05, 0.1) is 15.3 Å². The lowest BCUT2D eigenvalue weighted by molar-refractivity contribution is 0.548. The third-order valence-corrected chi connectivity index (χ3v) is 5.69. The molecule has 0 amide bonds. The maximum Gasteiger partial charge on any atom is 0.187 e. The molecular weight excluding hydrogens is 222 g/mol. The molecule has 0 saturated carbocycles. The van der Waals surface area contributed by atoms with Crippen LogP contribution in [0.4, 0.5) is 5.69 Å². The predicted molar refractivity (Wildman–Crippen MR) is 65.6 cm³/mol. The Labute approximate surface area is 96.8 Å². The lowest BCUT2D eigenvalue weighted by Crippen LogP contribution is -2.43. The number of hydrogen-bond donors (Lipinski definition) is 1. The van der Waals surface area contributed by atoms with Crippen LogP contribution in [0, 0.1) is 0 Å². The Morgan fingerprint density at radius 3 is 2.69 bits per heavy atom. The molecule has 0 aliphatic carbocycles. The molecule has 1 aromatic rings. The van der Waals surface area contributed by atoms with E-state index in [-0.39, 0.29) is 0 Å². The Morgan fingerprint density at radius 2 is 2.06 bits per heavy atom. The zero-order chi connectivity index (χ0) is 12.0. The fraction of sp³-hybridized carbons (Fsp3) is 0.500. The number of fused-ring (bicyclic) bond motifs is 1. The van der Waals surface area contributed by atoms with Gasteiger partial charge in [0.15, 0.2) is 9.84 Å². The Hall–Kier alpha value is -1.03. The van der Waals surface area contributed by atoms with Crippen molar-refractivity contribution in [1.82, 2.24) is 0 Å². The third kappa shape index (κ3) is 1.52. The van der Waals surface area contributed by atoms with Crippen LogP contribution in [-0.2, 0) is 16.3 Å². The van der Waals surface area contributed by atoms with E-state index in [0.717, 1.165) is 17.7 Å². The van der Waals surface area contributed by atoms with Gasteiger partial charge in [-0.2, -0.15) is 0 Å². The normalized spacial score (nSPS) is 20.9. The molecule has 1 heterocycles. The molecule has 1 N–H and O–H groups in total. The lowest BCUT2D eigenvalue weighted by Gasteiger charge is -2.32. The minimum atomic E-state index is -3.22. The molecule has 1 aliphatic heterocycles. The highest BCUT2D eigenvalue weighted by Crippen LogP contribution is 2.36. The predicted octanol–water partition coefficient (Wildman–Crippen LogP) is 2.23. The summed E-state index contributed by atoms with van der Waals surface area (Å²) in [5.41, 5.74) is 1.79. The van der Waals surface area contributed by atoms with E-state index >= 15 is 0 Å². The first-order valence-corrected chi connectivity index (χ1v) is 6.98. The number of hydrogen-bond acceptors (Lipinski definition) is 3. The molecule has 0 bridgehead atoms. The summed E-state index contributed by atoms with van der Waals surface area (Å²) in [4.78, 5) is 0.447. The first kappa shape index (κ1) is 11.5. The fourth-order valence-corrected chi connectivity index (χ4v) is 3.45. The van der Waals surface area contributed by atoms with Crippen molar-refractivity contribution in [2.45, 2.75) is 36.8 Å². The molecule has 4 heteroatoms. The maximum absolute atomic E-state index is 12.4. The first-order chi connectivity index (χ1) is 7.38. The molecular formula is C12H17NO2S. The molecule has 0 saturated heterocycles. The monoisotopic (exact) mass is 239 g/mol. The highest BCUT2D eigenvalue weighted by molar-refractivity contribution is 7.93. The summed E-state index contributed by atoms with van der Waals surface area (Å²) in [6, 6.07) is 5.62. The van der Waals surface area contributed by atoms with E-state index in [1.165, 1.54) is 0 Å². The highest BCUT2D eigenvalue weighted by Gasteiger charge is 2.40. The number of aryl methyl sites for hydroxylation is 1. The molecule has 0 aromatic heterocycles. The standard InChI is InChI=1S/C12H17NO2S/c1-4-9-5-6-10-11(7-9)16(14,15)12(2,3)8-13-10/h5-7,13H,4,8H2,1-3H3. The van der Waals surface area contributed by atoms with Gasteiger partial charge in [0.2, 0.25) is 0 Å². The second-order valence-corrected chi connectivity index (χ2v) is 7.35. The van der Waals surface area contributed by atoms with Crippen LogP contribution in [0.25, 0.3) is 0 Å². The molecule has 1 aromatic carbocycles. The van der Waals surface area contributed by atoms with Crippen molar-refractivity contribution in [3.63, 3.8) is 0 Å². The quantitative estimate of drug-likeness (QED) is 0.817. The van der Waals surface area contributed by atoms with E-state index in [0.29, 0.717) is 11.4 Å². The zero-order valence-electron chi connectivity index (χ0n) is 9.87. The number of nitrogens with one attached hydrogen (secondary N) is 1. The van der Waals surface area contributed by atoms with E-state index in [9.17, 15) is 8.42 Å². The third-order valence-electron chi connectivity index (χ3n) is 3.18. The summed E-state index contributed by atoms with van der Waals surface area (Å²) in [6.07, 6.45) is 0.850. The van der Waals surface area contributed by atoms with E-state index in [1.54, 1.807) is 19.9 Å². The molecule has 0 radical (unpaired) electrons. The summed E-state index contributed by atoms with van der Waals surface area (Å²) >= 11 is 0. The summed E-state index contributed by atoms with van der Waals surface area (Å²) in [5, 5.41) is 3.18. The Morgan fingerprint density at radius 1 is 1.38 bits per heavy atom. The van der Waals surface area contributed by atoms with E-state index in [1.807, 2.05) is 19.1 Å². The van der Waals surface area contributed by atoms with Crippen LogP contribution in [0.15, 0.2) is 23.1 Å². The second kappa shape index (κ2) is 3.48. The summed E-state index contributed by atoms with van der Waals surface area (Å²) in [5.74, 6) is 0. The maximum atomic E-state index is 12.4. The number of benzene rings is 1. The van der Waals surface area contributed by atoms with Crippen molar-refractivity contribution in [1.29, 1.82) is 0 Å². The van der Waals surface area contributed by atoms with Gasteiger partial charge in [-0.05, 0) is 38.0 Å². The Balaban J connectivity index is 2.66. The van der Waals surface area contributed by atoms with Gasteiger partial charge < -0.3 is 5.32 Å². The van der Waals surface area contributed by atoms with Gasteiger partial charge in [0.25, 0.3) is 0 Å². The van der Waals surface area contributed by atoms with Crippen LogP contribution in [0.2, 0.25) is 0 Å². The van der Waals surface area contributed by atoms with Crippen LogP contribution in [0.3, 0.4) is 0 Å². The molecule has 88 valence electrons. The smallest absolute Gasteiger partial charge is 0.187 e. The molecule has 3 nitrogen and oxygen atoms in total. The van der Waals surface area contributed by atoms with Crippen LogP contribution in [0.1, 0.15) is 26.3 Å². The van der Waals surface area contributed by atoms with E-state index in [4.69, 9.17) is 0 Å². The minimum absolute atomic E-state index is 0.447. The number of rotatable bonds is 1. The topological polar surface area (TPSA) is 46.2 Å². The van der Waals surface area contributed by atoms with Gasteiger partial charge in [-0.1, -0.05) is 13.0 Å². The van der Waals surface area contributed by atoms with Crippen LogP contribution < -0.4 is 5.32 Å². The van der Waals surface area contributed by atoms with Gasteiger partial charge in [-0.25, -0.2) is 8.42 Å². The molecule has 2 rings (SSSR count). The lowest BCUT2D eigenvalue weighted by atomic mass is 10.1. The van der Waals surface area contributed by atoms with E-state index < -0.39 is 14.6 Å². The van der Waals surface area contributed by atoms with Crippen molar-refractivity contribution < 1.29 is 8.42 Å². The van der Waals surface area contributed by atoms with Gasteiger partial charge in [0.1, 0.15) is 0 Å². The first-order valence-electron chi connectivity index (χ1n) is 5.50. The van der Waals surface area contributed by atoms with E-state index in [2.05, 4.69) is 5.32 Å². The van der Waals surface area contributed by atoms with Crippen molar-refractivity contribution in [3.05, 3.63) is 23.8 Å². The number of anilines is 1. The zero-order valence-corrected chi connectivity index (χ0v) is 10.7. The largest absolute Gasteiger partial charge is 0.382 e. The van der Waals surface area contributed by atoms with Crippen LogP contribution >= 0.6 is 0 Å². The van der Waals surface area contributed by atoms with Gasteiger partial charge in [-0.15, -0.1) is 0 Å². The highest BCUT2D eigenvalue weighted by atomic mass is 32.2. The average molecular weight is 239 g/mol. The fourth-order valence-electron chi connectivity index (χ4n) is 1.86. The molecule has 16 heavy (non-hydrogen) atoms. The second-order valence-electron chi connectivity index (χ2n) is 4.80. The van der Waals surface area contributed by atoms with Crippen molar-refractivity contribution in [2.75, 3.05) is 11.9 Å². The van der Waals surface area contributed by atoms with Crippen molar-refractivity contribution >= 4 is 15.5 Å². The van der Waals surface area contributed by atoms with Crippen molar-refractivity contribution in [3.8, 4) is 0 Å². The van der Waals surface area contributed by atoms with Crippen molar-refractivity contribution in [2.24, 2.45) is 0 Å². The van der Waals surface area contributed by atoms with Gasteiger partial charge in [-0.3, -0.25) is 0 Å². The summed E-state index contributed by atoms with van der Waals surface area (Å²) < 4.78 is 24.0. The average Bonchev–Trinajstić information content (AvgIpc) is 2.24. The molecule has 0 fully saturated rings. The van der Waals surface area contributed by atoms with Gasteiger partial charge >= 0.3 is 0 Å². The molecule has 0 unspecified atom stereocenters. The molecule has 1 aliphatic rings. The number of sulfone groups is 1. The van der Waals surface area contributed by atoms with Crippen LogP contribution in [0.5, 0.6) is 0 Å². The minimum Gasteiger partial charge on any atom is -0.382 e. The Kier molecular flexibility index (Phi) is 2.49. The SMILES string of the molecule is CCc1ccc2c(c1)S(=O)(=O)C(C)(C)CN2. The van der Waals surface area contributed by atoms with Gasteiger partial charge in [0, 0.05) is 6.54 Å². The Bertz CT molecular complexity index is 518. The summed E-state index contributed by atoms with van der Waals surface area (Å²) in [7, 11) is -3.22. The van der Waals surface area contributed by atoms with Crippen LogP contribution in [-0.4, -0.2) is 19.7 Å². The molecule has 0 atom stereocenters. The summed E-state index contributed by atoms with van der Waals surface area (Å²) in [6.45, 7) is 6.01. The molecule has 0 spiro atoms.